The lowest BCUT2D eigenvalue weighted by Gasteiger charge is -2.05. The highest BCUT2D eigenvalue weighted by Crippen LogP contribution is 2.14. The SMILES string of the molecule is Cc1cc(Nc2cnnc(NCc3ccccc3)n2)no1. The number of nitrogens with one attached hydrogen (secondary N) is 2. The molecule has 0 radical (unpaired) electrons. The van der Waals surface area contributed by atoms with Gasteiger partial charge in [0.25, 0.3) is 0 Å². The maximum absolute atomic E-state index is 4.98. The van der Waals surface area contributed by atoms with Gasteiger partial charge in [0.05, 0.1) is 6.20 Å². The molecule has 2 heterocycles. The van der Waals surface area contributed by atoms with Crippen LogP contribution in [0.15, 0.2) is 47.1 Å². The van der Waals surface area contributed by atoms with Crippen molar-refractivity contribution in [2.75, 3.05) is 10.6 Å². The second-order valence-corrected chi connectivity index (χ2v) is 4.45. The zero-order valence-corrected chi connectivity index (χ0v) is 11.4. The van der Waals surface area contributed by atoms with Crippen LogP contribution in [0.1, 0.15) is 11.3 Å². The van der Waals surface area contributed by atoms with Crippen LogP contribution in [-0.4, -0.2) is 20.3 Å². The fraction of sp³-hybridized carbons (Fsp3) is 0.143. The molecule has 0 amide bonds. The summed E-state index contributed by atoms with van der Waals surface area (Å²) in [5.41, 5.74) is 1.14. The highest BCUT2D eigenvalue weighted by Gasteiger charge is 2.04. The second-order valence-electron chi connectivity index (χ2n) is 4.45. The largest absolute Gasteiger partial charge is 0.360 e. The van der Waals surface area contributed by atoms with Crippen molar-refractivity contribution in [3.8, 4) is 0 Å². The third kappa shape index (κ3) is 3.53. The number of rotatable bonds is 5. The van der Waals surface area contributed by atoms with Gasteiger partial charge in [0, 0.05) is 12.6 Å². The first-order valence-electron chi connectivity index (χ1n) is 6.47. The molecule has 0 spiro atoms. The lowest BCUT2D eigenvalue weighted by molar-refractivity contribution is 0.400. The van der Waals surface area contributed by atoms with Gasteiger partial charge in [0.1, 0.15) is 5.76 Å². The van der Waals surface area contributed by atoms with Crippen LogP contribution >= 0.6 is 0 Å². The Labute approximate surface area is 121 Å². The molecule has 0 aliphatic rings. The van der Waals surface area contributed by atoms with Gasteiger partial charge >= 0.3 is 0 Å². The first-order chi connectivity index (χ1) is 10.3. The summed E-state index contributed by atoms with van der Waals surface area (Å²) in [4.78, 5) is 4.31. The maximum Gasteiger partial charge on any atom is 0.244 e. The van der Waals surface area contributed by atoms with Gasteiger partial charge in [-0.3, -0.25) is 0 Å². The molecule has 0 unspecified atom stereocenters. The van der Waals surface area contributed by atoms with Gasteiger partial charge in [-0.15, -0.1) is 5.10 Å². The van der Waals surface area contributed by atoms with E-state index in [1.165, 1.54) is 6.20 Å². The van der Waals surface area contributed by atoms with Crippen LogP contribution in [0, 0.1) is 6.92 Å². The van der Waals surface area contributed by atoms with E-state index in [0.29, 0.717) is 24.1 Å². The summed E-state index contributed by atoms with van der Waals surface area (Å²) in [6.45, 7) is 2.46. The number of aromatic nitrogens is 4. The van der Waals surface area contributed by atoms with E-state index in [1.54, 1.807) is 6.07 Å². The Morgan fingerprint density at radius 3 is 2.76 bits per heavy atom. The summed E-state index contributed by atoms with van der Waals surface area (Å²) in [7, 11) is 0. The Morgan fingerprint density at radius 1 is 1.14 bits per heavy atom. The molecule has 0 aliphatic carbocycles. The molecule has 7 heteroatoms. The van der Waals surface area contributed by atoms with Crippen molar-refractivity contribution in [3.63, 3.8) is 0 Å². The van der Waals surface area contributed by atoms with Crippen molar-refractivity contribution in [2.45, 2.75) is 13.5 Å². The van der Waals surface area contributed by atoms with Crippen molar-refractivity contribution in [1.29, 1.82) is 0 Å². The summed E-state index contributed by atoms with van der Waals surface area (Å²) in [5.74, 6) is 2.31. The number of anilines is 3. The molecule has 0 bridgehead atoms. The second kappa shape index (κ2) is 6.00. The smallest absolute Gasteiger partial charge is 0.244 e. The van der Waals surface area contributed by atoms with Gasteiger partial charge in [-0.25, -0.2) is 0 Å². The van der Waals surface area contributed by atoms with Gasteiger partial charge in [-0.2, -0.15) is 10.1 Å². The van der Waals surface area contributed by atoms with Crippen LogP contribution in [0.2, 0.25) is 0 Å². The third-order valence-corrected chi connectivity index (χ3v) is 2.74. The highest BCUT2D eigenvalue weighted by molar-refractivity contribution is 5.51. The Hall–Kier alpha value is -2.96. The number of benzene rings is 1. The molecule has 1 aromatic carbocycles. The van der Waals surface area contributed by atoms with E-state index in [9.17, 15) is 0 Å². The number of hydrogen-bond acceptors (Lipinski definition) is 7. The molecule has 21 heavy (non-hydrogen) atoms. The monoisotopic (exact) mass is 282 g/mol. The summed E-state index contributed by atoms with van der Waals surface area (Å²) < 4.78 is 4.98. The summed E-state index contributed by atoms with van der Waals surface area (Å²) in [5, 5.41) is 17.8. The zero-order valence-electron chi connectivity index (χ0n) is 11.4. The minimum Gasteiger partial charge on any atom is -0.360 e. The predicted molar refractivity (Wildman–Crippen MR) is 78.1 cm³/mol. The van der Waals surface area contributed by atoms with Crippen LogP contribution in [0.25, 0.3) is 0 Å². The van der Waals surface area contributed by atoms with Crippen molar-refractivity contribution >= 4 is 17.6 Å². The van der Waals surface area contributed by atoms with Crippen LogP contribution in [0.3, 0.4) is 0 Å². The molecular formula is C14H14N6O. The van der Waals surface area contributed by atoms with E-state index in [-0.39, 0.29) is 0 Å². The van der Waals surface area contributed by atoms with E-state index in [4.69, 9.17) is 4.52 Å². The van der Waals surface area contributed by atoms with Gasteiger partial charge in [-0.05, 0) is 12.5 Å². The lowest BCUT2D eigenvalue weighted by atomic mass is 10.2. The minimum absolute atomic E-state index is 0.448. The van der Waals surface area contributed by atoms with Crippen molar-refractivity contribution in [3.05, 3.63) is 53.9 Å². The first-order valence-corrected chi connectivity index (χ1v) is 6.47. The predicted octanol–water partition coefficient (Wildman–Crippen LogP) is 2.52. The average Bonchev–Trinajstić information content (AvgIpc) is 2.92. The molecule has 0 fully saturated rings. The van der Waals surface area contributed by atoms with Crippen molar-refractivity contribution in [1.82, 2.24) is 20.3 Å². The zero-order chi connectivity index (χ0) is 14.5. The Kier molecular flexibility index (Phi) is 3.72. The van der Waals surface area contributed by atoms with E-state index in [0.717, 1.165) is 11.3 Å². The highest BCUT2D eigenvalue weighted by atomic mass is 16.5. The number of hydrogen-bond donors (Lipinski definition) is 2. The molecule has 3 aromatic rings. The van der Waals surface area contributed by atoms with Crippen molar-refractivity contribution < 1.29 is 4.52 Å². The molecule has 0 saturated carbocycles. The van der Waals surface area contributed by atoms with E-state index < -0.39 is 0 Å². The summed E-state index contributed by atoms with van der Waals surface area (Å²) in [6.07, 6.45) is 1.53. The van der Waals surface area contributed by atoms with Crippen LogP contribution in [0.4, 0.5) is 17.6 Å². The van der Waals surface area contributed by atoms with Crippen LogP contribution < -0.4 is 10.6 Å². The summed E-state index contributed by atoms with van der Waals surface area (Å²) >= 11 is 0. The average molecular weight is 282 g/mol. The lowest BCUT2D eigenvalue weighted by Crippen LogP contribution is -2.06. The third-order valence-electron chi connectivity index (χ3n) is 2.74. The molecule has 2 aromatic heterocycles. The molecule has 2 N–H and O–H groups in total. The fourth-order valence-electron chi connectivity index (χ4n) is 1.77. The minimum atomic E-state index is 0.448. The molecule has 0 aliphatic heterocycles. The van der Waals surface area contributed by atoms with Crippen molar-refractivity contribution in [2.24, 2.45) is 0 Å². The Bertz CT molecular complexity index is 712. The van der Waals surface area contributed by atoms with Gasteiger partial charge in [0.15, 0.2) is 11.6 Å². The standard InChI is InChI=1S/C14H14N6O/c1-10-7-12(20-21-10)17-13-9-16-19-14(18-13)15-8-11-5-3-2-4-6-11/h2-7,9H,8H2,1H3,(H2,15,17,18,19,20). The van der Waals surface area contributed by atoms with Crippen LogP contribution in [0.5, 0.6) is 0 Å². The van der Waals surface area contributed by atoms with E-state index in [2.05, 4.69) is 31.0 Å². The maximum atomic E-state index is 4.98. The normalized spacial score (nSPS) is 10.3. The van der Waals surface area contributed by atoms with E-state index in [1.807, 2.05) is 37.3 Å². The first kappa shape index (κ1) is 13.0. The summed E-state index contributed by atoms with van der Waals surface area (Å²) in [6, 6.07) is 11.8. The Balaban J connectivity index is 1.65. The van der Waals surface area contributed by atoms with Gasteiger partial charge < -0.3 is 15.2 Å². The topological polar surface area (TPSA) is 88.8 Å². The molecule has 0 saturated heterocycles. The molecule has 7 nitrogen and oxygen atoms in total. The number of aryl methyl sites for hydroxylation is 1. The molecule has 3 rings (SSSR count). The fourth-order valence-corrected chi connectivity index (χ4v) is 1.77. The quantitative estimate of drug-likeness (QED) is 0.743. The van der Waals surface area contributed by atoms with Gasteiger partial charge in [-0.1, -0.05) is 35.5 Å². The Morgan fingerprint density at radius 2 is 2.00 bits per heavy atom. The van der Waals surface area contributed by atoms with E-state index >= 15 is 0 Å². The van der Waals surface area contributed by atoms with Crippen LogP contribution in [-0.2, 0) is 6.54 Å². The molecule has 0 atom stereocenters. The molecular weight excluding hydrogens is 268 g/mol. The molecule has 106 valence electrons. The number of nitrogens with zero attached hydrogens (tertiary/aromatic N) is 4. The van der Waals surface area contributed by atoms with Gasteiger partial charge in [0.2, 0.25) is 5.95 Å².